The largest absolute Gasteiger partial charge is 1.00 e. The van der Waals surface area contributed by atoms with Crippen molar-refractivity contribution in [3.8, 4) is 0 Å². The molecule has 19 heavy (non-hydrogen) atoms. The standard InChI is InChI=1S/C13H28O4S.K/c1-3-5-7-9-12(14)11-13(18(15,16)17)10-8-6-4-2;/h12-14H,3-11H2,1-2H3,(H,15,16,17);/q;+1/p-1. The van der Waals surface area contributed by atoms with Crippen LogP contribution in [0.1, 0.15) is 71.6 Å². The van der Waals surface area contributed by atoms with E-state index in [9.17, 15) is 18.1 Å². The van der Waals surface area contributed by atoms with Gasteiger partial charge in [-0.3, -0.25) is 0 Å². The zero-order valence-electron chi connectivity index (χ0n) is 12.6. The van der Waals surface area contributed by atoms with Gasteiger partial charge < -0.3 is 9.66 Å². The van der Waals surface area contributed by atoms with Crippen LogP contribution in [0.4, 0.5) is 0 Å². The van der Waals surface area contributed by atoms with Crippen molar-refractivity contribution in [1.82, 2.24) is 0 Å². The van der Waals surface area contributed by atoms with Gasteiger partial charge in [-0.05, 0) is 19.3 Å². The number of rotatable bonds is 11. The second kappa shape index (κ2) is 13.2. The molecule has 2 unspecified atom stereocenters. The van der Waals surface area contributed by atoms with Crippen LogP contribution in [0.5, 0.6) is 0 Å². The molecule has 0 fully saturated rings. The Morgan fingerprint density at radius 1 is 1.00 bits per heavy atom. The van der Waals surface area contributed by atoms with Crippen molar-refractivity contribution in [2.75, 3.05) is 0 Å². The van der Waals surface area contributed by atoms with Crippen LogP contribution in [-0.2, 0) is 10.1 Å². The number of unbranched alkanes of at least 4 members (excludes halogenated alkanes) is 4. The first kappa shape index (κ1) is 22.8. The van der Waals surface area contributed by atoms with Crippen molar-refractivity contribution in [2.24, 2.45) is 0 Å². The van der Waals surface area contributed by atoms with Gasteiger partial charge in [-0.15, -0.1) is 0 Å². The van der Waals surface area contributed by atoms with Crippen molar-refractivity contribution in [1.29, 1.82) is 0 Å². The second-order valence-corrected chi connectivity index (χ2v) is 6.65. The molecule has 4 nitrogen and oxygen atoms in total. The number of hydrogen-bond donors (Lipinski definition) is 1. The van der Waals surface area contributed by atoms with Gasteiger partial charge in [0, 0.05) is 0 Å². The van der Waals surface area contributed by atoms with Gasteiger partial charge in [0.05, 0.1) is 21.5 Å². The maximum absolute atomic E-state index is 11.1. The molecule has 0 radical (unpaired) electrons. The minimum atomic E-state index is -4.28. The molecular formula is C13H27KO4S. The average molecular weight is 319 g/mol. The Balaban J connectivity index is 0. The summed E-state index contributed by atoms with van der Waals surface area (Å²) in [5.41, 5.74) is 0. The fourth-order valence-electron chi connectivity index (χ4n) is 2.05. The van der Waals surface area contributed by atoms with Gasteiger partial charge in [-0.25, -0.2) is 8.42 Å². The Hall–Kier alpha value is 1.51. The average Bonchev–Trinajstić information content (AvgIpc) is 2.27. The Kier molecular flexibility index (Phi) is 15.8. The number of hydrogen-bond acceptors (Lipinski definition) is 4. The maximum Gasteiger partial charge on any atom is 1.00 e. The molecule has 0 aromatic carbocycles. The zero-order chi connectivity index (χ0) is 14.0. The van der Waals surface area contributed by atoms with E-state index in [1.165, 1.54) is 0 Å². The fraction of sp³-hybridized carbons (Fsp3) is 1.00. The van der Waals surface area contributed by atoms with Crippen LogP contribution >= 0.6 is 0 Å². The molecule has 2 atom stereocenters. The Bertz CT molecular complexity index is 293. The van der Waals surface area contributed by atoms with Crippen molar-refractivity contribution in [2.45, 2.75) is 83.0 Å². The van der Waals surface area contributed by atoms with Gasteiger partial charge in [0.25, 0.3) is 0 Å². The molecule has 0 aliphatic rings. The van der Waals surface area contributed by atoms with E-state index in [2.05, 4.69) is 6.92 Å². The van der Waals surface area contributed by atoms with Crippen molar-refractivity contribution in [3.63, 3.8) is 0 Å². The summed E-state index contributed by atoms with van der Waals surface area (Å²) in [7, 11) is -4.28. The van der Waals surface area contributed by atoms with Crippen LogP contribution in [0.3, 0.4) is 0 Å². The van der Waals surface area contributed by atoms with Gasteiger partial charge in [-0.1, -0.05) is 52.4 Å². The Morgan fingerprint density at radius 2 is 1.47 bits per heavy atom. The minimum absolute atomic E-state index is 0. The summed E-state index contributed by atoms with van der Waals surface area (Å²) < 4.78 is 33.4. The molecule has 0 aromatic heterocycles. The molecule has 1 N–H and O–H groups in total. The van der Waals surface area contributed by atoms with Crippen molar-refractivity contribution >= 4 is 10.1 Å². The number of aliphatic hydroxyl groups excluding tert-OH is 1. The predicted molar refractivity (Wildman–Crippen MR) is 72.4 cm³/mol. The van der Waals surface area contributed by atoms with Crippen LogP contribution in [0, 0.1) is 0 Å². The van der Waals surface area contributed by atoms with E-state index in [0.29, 0.717) is 12.8 Å². The third kappa shape index (κ3) is 12.9. The SMILES string of the molecule is CCCCCC(O)CC(CCCCC)S(=O)(=O)[O-].[K+]. The molecule has 0 spiro atoms. The van der Waals surface area contributed by atoms with Crippen LogP contribution in [-0.4, -0.2) is 29.4 Å². The molecule has 0 bridgehead atoms. The normalized spacial score (nSPS) is 14.7. The zero-order valence-corrected chi connectivity index (χ0v) is 16.5. The van der Waals surface area contributed by atoms with Gasteiger partial charge >= 0.3 is 51.4 Å². The monoisotopic (exact) mass is 318 g/mol. The Morgan fingerprint density at radius 3 is 1.89 bits per heavy atom. The molecule has 0 rings (SSSR count). The molecule has 0 aliphatic carbocycles. The molecular weight excluding hydrogens is 291 g/mol. The summed E-state index contributed by atoms with van der Waals surface area (Å²) in [6.45, 7) is 4.10. The molecule has 0 aromatic rings. The van der Waals surface area contributed by atoms with Gasteiger partial charge in [0.2, 0.25) is 0 Å². The van der Waals surface area contributed by atoms with E-state index >= 15 is 0 Å². The van der Waals surface area contributed by atoms with E-state index in [1.807, 2.05) is 6.92 Å². The topological polar surface area (TPSA) is 77.4 Å². The predicted octanol–water partition coefficient (Wildman–Crippen LogP) is -0.184. The van der Waals surface area contributed by atoms with E-state index in [-0.39, 0.29) is 57.8 Å². The maximum atomic E-state index is 11.1. The molecule has 0 heterocycles. The van der Waals surface area contributed by atoms with E-state index in [0.717, 1.165) is 38.5 Å². The summed E-state index contributed by atoms with van der Waals surface area (Å²) in [5, 5.41) is 8.85. The molecule has 6 heteroatoms. The van der Waals surface area contributed by atoms with E-state index in [4.69, 9.17) is 0 Å². The van der Waals surface area contributed by atoms with E-state index < -0.39 is 21.5 Å². The molecule has 0 amide bonds. The number of aliphatic hydroxyl groups is 1. The van der Waals surface area contributed by atoms with Crippen LogP contribution in [0.25, 0.3) is 0 Å². The first-order chi connectivity index (χ1) is 8.41. The summed E-state index contributed by atoms with van der Waals surface area (Å²) in [5.74, 6) is 0. The van der Waals surface area contributed by atoms with Crippen LogP contribution in [0.2, 0.25) is 0 Å². The second-order valence-electron chi connectivity index (χ2n) is 5.00. The van der Waals surface area contributed by atoms with Gasteiger partial charge in [0.1, 0.15) is 0 Å². The first-order valence-electron chi connectivity index (χ1n) is 7.04. The van der Waals surface area contributed by atoms with Gasteiger partial charge in [-0.2, -0.15) is 0 Å². The quantitative estimate of drug-likeness (QED) is 0.326. The van der Waals surface area contributed by atoms with E-state index in [1.54, 1.807) is 0 Å². The fourth-order valence-corrected chi connectivity index (χ4v) is 2.97. The van der Waals surface area contributed by atoms with Crippen LogP contribution < -0.4 is 51.4 Å². The summed E-state index contributed by atoms with van der Waals surface area (Å²) in [6, 6.07) is 0. The molecule has 110 valence electrons. The summed E-state index contributed by atoms with van der Waals surface area (Å²) >= 11 is 0. The molecule has 0 aliphatic heterocycles. The minimum Gasteiger partial charge on any atom is -0.748 e. The smallest absolute Gasteiger partial charge is 0.748 e. The third-order valence-electron chi connectivity index (χ3n) is 3.21. The summed E-state index contributed by atoms with van der Waals surface area (Å²) in [4.78, 5) is 0. The molecule has 0 saturated carbocycles. The van der Waals surface area contributed by atoms with Crippen molar-refractivity contribution in [3.05, 3.63) is 0 Å². The summed E-state index contributed by atoms with van der Waals surface area (Å²) in [6.07, 6.45) is 6.04. The first-order valence-corrected chi connectivity index (χ1v) is 8.51. The Labute approximate surface area is 160 Å². The van der Waals surface area contributed by atoms with Gasteiger partial charge in [0.15, 0.2) is 0 Å². The molecule has 0 saturated heterocycles. The van der Waals surface area contributed by atoms with Crippen molar-refractivity contribution < 1.29 is 69.5 Å². The third-order valence-corrected chi connectivity index (χ3v) is 4.46. The van der Waals surface area contributed by atoms with Crippen LogP contribution in [0.15, 0.2) is 0 Å².